The number of carbonyl (C=O) groups excluding carboxylic acids is 1. The van der Waals surface area contributed by atoms with E-state index in [1.165, 1.54) is 17.8 Å². The Labute approximate surface area is 182 Å². The van der Waals surface area contributed by atoms with Gasteiger partial charge in [-0.25, -0.2) is 0 Å². The number of amides is 1. The highest BCUT2D eigenvalue weighted by Gasteiger charge is 2.32. The zero-order valence-electron chi connectivity index (χ0n) is 17.3. The summed E-state index contributed by atoms with van der Waals surface area (Å²) in [6.07, 6.45) is -2.82. The zero-order chi connectivity index (χ0) is 22.6. The number of aromatic nitrogens is 3. The van der Waals surface area contributed by atoms with E-state index >= 15 is 0 Å². The number of anilines is 2. The summed E-state index contributed by atoms with van der Waals surface area (Å²) in [4.78, 5) is 14.8. The Morgan fingerprint density at radius 1 is 1.35 bits per heavy atom. The van der Waals surface area contributed by atoms with Gasteiger partial charge in [-0.2, -0.15) is 13.2 Å². The number of allylic oxidation sites excluding steroid dienone is 1. The molecule has 1 fully saturated rings. The molecule has 1 amide bonds. The van der Waals surface area contributed by atoms with E-state index in [2.05, 4.69) is 22.1 Å². The van der Waals surface area contributed by atoms with Crippen LogP contribution in [0.3, 0.4) is 0 Å². The molecule has 2 heterocycles. The Morgan fingerprint density at radius 2 is 2.06 bits per heavy atom. The summed E-state index contributed by atoms with van der Waals surface area (Å²) in [6.45, 7) is 9.66. The Balaban J connectivity index is 1.82. The largest absolute Gasteiger partial charge is 0.416 e. The number of alkyl halides is 3. The Kier molecular flexibility index (Phi) is 7.26. The molecular formula is C20H24F3N5O2S. The first-order valence-corrected chi connectivity index (χ1v) is 10.6. The second kappa shape index (κ2) is 9.73. The van der Waals surface area contributed by atoms with Crippen LogP contribution in [-0.2, 0) is 22.3 Å². The van der Waals surface area contributed by atoms with Crippen LogP contribution >= 0.6 is 11.8 Å². The van der Waals surface area contributed by atoms with Crippen molar-refractivity contribution in [3.8, 4) is 0 Å². The standard InChI is InChI=1S/C20H24F3N5O2S/c1-4-7-28-14(3)25-26-19(28)31-13(2)18(29)24-16-12-15(20(21,22)23)5-6-17(16)27-8-10-30-11-9-27/h4-6,12-13H,1,7-11H2,2-3H3,(H,24,29)/t13-/m1/s1. The van der Waals surface area contributed by atoms with E-state index < -0.39 is 22.9 Å². The number of halogens is 3. The molecule has 0 unspecified atom stereocenters. The van der Waals surface area contributed by atoms with Crippen LogP contribution < -0.4 is 10.2 Å². The van der Waals surface area contributed by atoms with Crippen molar-refractivity contribution in [3.63, 3.8) is 0 Å². The van der Waals surface area contributed by atoms with E-state index in [0.717, 1.165) is 12.1 Å². The van der Waals surface area contributed by atoms with Crippen molar-refractivity contribution in [3.05, 3.63) is 42.2 Å². The molecule has 1 aromatic carbocycles. The quantitative estimate of drug-likeness (QED) is 0.507. The fourth-order valence-corrected chi connectivity index (χ4v) is 4.03. The first-order chi connectivity index (χ1) is 14.7. The predicted octanol–water partition coefficient (Wildman–Crippen LogP) is 3.75. The molecule has 7 nitrogen and oxygen atoms in total. The maximum Gasteiger partial charge on any atom is 0.416 e. The number of carbonyl (C=O) groups is 1. The van der Waals surface area contributed by atoms with Crippen LogP contribution in [0.25, 0.3) is 0 Å². The summed E-state index contributed by atoms with van der Waals surface area (Å²) in [6, 6.07) is 3.40. The number of morpholine rings is 1. The topological polar surface area (TPSA) is 72.3 Å². The third-order valence-corrected chi connectivity index (χ3v) is 5.88. The van der Waals surface area contributed by atoms with Crippen LogP contribution in [0.2, 0.25) is 0 Å². The van der Waals surface area contributed by atoms with E-state index in [4.69, 9.17) is 4.74 Å². The van der Waals surface area contributed by atoms with Crippen molar-refractivity contribution in [2.24, 2.45) is 0 Å². The van der Waals surface area contributed by atoms with Gasteiger partial charge < -0.3 is 19.5 Å². The summed E-state index contributed by atoms with van der Waals surface area (Å²) in [7, 11) is 0. The Bertz CT molecular complexity index is 941. The molecule has 0 aliphatic carbocycles. The number of aryl methyl sites for hydroxylation is 1. The van der Waals surface area contributed by atoms with Crippen LogP contribution in [0.4, 0.5) is 24.5 Å². The number of hydrogen-bond acceptors (Lipinski definition) is 6. The molecule has 31 heavy (non-hydrogen) atoms. The summed E-state index contributed by atoms with van der Waals surface area (Å²) in [5.41, 5.74) is -0.160. The highest BCUT2D eigenvalue weighted by molar-refractivity contribution is 8.00. The zero-order valence-corrected chi connectivity index (χ0v) is 18.1. The molecule has 3 rings (SSSR count). The second-order valence-corrected chi connectivity index (χ2v) is 8.32. The van der Waals surface area contributed by atoms with E-state index in [1.54, 1.807) is 19.9 Å². The maximum atomic E-state index is 13.3. The molecule has 0 spiro atoms. The van der Waals surface area contributed by atoms with Crippen LogP contribution in [0.5, 0.6) is 0 Å². The van der Waals surface area contributed by atoms with Gasteiger partial charge in [-0.1, -0.05) is 17.8 Å². The fraction of sp³-hybridized carbons (Fsp3) is 0.450. The first kappa shape index (κ1) is 23.1. The van der Waals surface area contributed by atoms with Crippen LogP contribution in [0.15, 0.2) is 36.0 Å². The second-order valence-electron chi connectivity index (χ2n) is 7.01. The van der Waals surface area contributed by atoms with Crippen LogP contribution in [-0.4, -0.2) is 52.2 Å². The summed E-state index contributed by atoms with van der Waals surface area (Å²) in [5, 5.41) is 10.7. The van der Waals surface area contributed by atoms with Gasteiger partial charge >= 0.3 is 6.18 Å². The number of hydrogen-bond donors (Lipinski definition) is 1. The highest BCUT2D eigenvalue weighted by atomic mass is 32.2. The highest BCUT2D eigenvalue weighted by Crippen LogP contribution is 2.36. The number of rotatable bonds is 7. The smallest absolute Gasteiger partial charge is 0.378 e. The van der Waals surface area contributed by atoms with Crippen molar-refractivity contribution in [2.75, 3.05) is 36.5 Å². The normalized spacial score (nSPS) is 15.6. The van der Waals surface area contributed by atoms with Crippen molar-refractivity contribution < 1.29 is 22.7 Å². The minimum atomic E-state index is -4.51. The Hall–Kier alpha value is -2.53. The van der Waals surface area contributed by atoms with Gasteiger partial charge in [-0.3, -0.25) is 4.79 Å². The van der Waals surface area contributed by atoms with Gasteiger partial charge in [-0.15, -0.1) is 16.8 Å². The molecule has 1 N–H and O–H groups in total. The summed E-state index contributed by atoms with van der Waals surface area (Å²) < 4.78 is 46.9. The average molecular weight is 456 g/mol. The third-order valence-electron chi connectivity index (χ3n) is 4.80. The molecule has 0 saturated carbocycles. The van der Waals surface area contributed by atoms with Crippen molar-refractivity contribution >= 4 is 29.0 Å². The summed E-state index contributed by atoms with van der Waals surface area (Å²) in [5.74, 6) is 0.257. The van der Waals surface area contributed by atoms with Gasteiger partial charge in [0.1, 0.15) is 5.82 Å². The number of ether oxygens (including phenoxy) is 1. The lowest BCUT2D eigenvalue weighted by Crippen LogP contribution is -2.37. The van der Waals surface area contributed by atoms with Gasteiger partial charge in [0.2, 0.25) is 5.91 Å². The van der Waals surface area contributed by atoms with Gasteiger partial charge in [-0.05, 0) is 32.0 Å². The number of benzene rings is 1. The first-order valence-electron chi connectivity index (χ1n) is 9.73. The fourth-order valence-electron chi connectivity index (χ4n) is 3.13. The number of nitrogens with zero attached hydrogens (tertiary/aromatic N) is 4. The van der Waals surface area contributed by atoms with Crippen molar-refractivity contribution in [1.29, 1.82) is 0 Å². The molecule has 0 bridgehead atoms. The lowest BCUT2D eigenvalue weighted by Gasteiger charge is -2.31. The lowest BCUT2D eigenvalue weighted by molar-refractivity contribution is -0.137. The SMILES string of the molecule is C=CCn1c(C)nnc1S[C@H](C)C(=O)Nc1cc(C(F)(F)F)ccc1N1CCOCC1. The van der Waals surface area contributed by atoms with Crippen molar-refractivity contribution in [1.82, 2.24) is 14.8 Å². The van der Waals surface area contributed by atoms with Crippen LogP contribution in [0, 0.1) is 6.92 Å². The molecule has 1 aromatic heterocycles. The molecule has 1 atom stereocenters. The third kappa shape index (κ3) is 5.59. The van der Waals surface area contributed by atoms with E-state index in [-0.39, 0.29) is 5.69 Å². The number of thioether (sulfide) groups is 1. The molecule has 1 aliphatic heterocycles. The number of nitrogens with one attached hydrogen (secondary N) is 1. The molecule has 2 aromatic rings. The van der Waals surface area contributed by atoms with Gasteiger partial charge in [0.15, 0.2) is 5.16 Å². The van der Waals surface area contributed by atoms with E-state index in [0.29, 0.717) is 49.5 Å². The minimum Gasteiger partial charge on any atom is -0.378 e. The van der Waals surface area contributed by atoms with Gasteiger partial charge in [0.05, 0.1) is 35.4 Å². The molecule has 1 saturated heterocycles. The van der Waals surface area contributed by atoms with Gasteiger partial charge in [0.25, 0.3) is 0 Å². The van der Waals surface area contributed by atoms with Gasteiger partial charge in [0, 0.05) is 19.6 Å². The molecule has 168 valence electrons. The van der Waals surface area contributed by atoms with E-state index in [1.807, 2.05) is 9.47 Å². The molecular weight excluding hydrogens is 431 g/mol. The van der Waals surface area contributed by atoms with Crippen LogP contribution in [0.1, 0.15) is 18.3 Å². The molecule has 11 heteroatoms. The Morgan fingerprint density at radius 3 is 2.71 bits per heavy atom. The lowest BCUT2D eigenvalue weighted by atomic mass is 10.1. The molecule has 1 aliphatic rings. The summed E-state index contributed by atoms with van der Waals surface area (Å²) >= 11 is 1.18. The monoisotopic (exact) mass is 455 g/mol. The average Bonchev–Trinajstić information content (AvgIpc) is 3.07. The predicted molar refractivity (Wildman–Crippen MR) is 113 cm³/mol. The van der Waals surface area contributed by atoms with Crippen molar-refractivity contribution in [2.45, 2.75) is 37.0 Å². The minimum absolute atomic E-state index is 0.123. The van der Waals surface area contributed by atoms with E-state index in [9.17, 15) is 18.0 Å². The molecule has 0 radical (unpaired) electrons. The maximum absolute atomic E-state index is 13.3.